The first kappa shape index (κ1) is 20.0. The van der Waals surface area contributed by atoms with Gasteiger partial charge in [-0.1, -0.05) is 11.6 Å². The largest absolute Gasteiger partial charge is 0.495 e. The quantitative estimate of drug-likeness (QED) is 0.635. The van der Waals surface area contributed by atoms with Crippen LogP contribution in [0.1, 0.15) is 18.5 Å². The second-order valence-electron chi connectivity index (χ2n) is 6.75. The molecule has 2 N–H and O–H groups in total. The number of aromatic nitrogens is 2. The molecule has 0 aliphatic carbocycles. The highest BCUT2D eigenvalue weighted by Crippen LogP contribution is 2.31. The van der Waals surface area contributed by atoms with Gasteiger partial charge in [-0.2, -0.15) is 0 Å². The van der Waals surface area contributed by atoms with Crippen molar-refractivity contribution in [3.63, 3.8) is 0 Å². The lowest BCUT2D eigenvalue weighted by Crippen LogP contribution is -2.25. The summed E-state index contributed by atoms with van der Waals surface area (Å²) in [5, 5.41) is 4.01. The summed E-state index contributed by atoms with van der Waals surface area (Å²) in [6, 6.07) is 5.81. The van der Waals surface area contributed by atoms with Gasteiger partial charge in [-0.3, -0.25) is 9.69 Å². The van der Waals surface area contributed by atoms with Crippen LogP contribution in [-0.2, 0) is 4.74 Å². The van der Waals surface area contributed by atoms with E-state index in [1.165, 1.54) is 24.3 Å². The molecule has 1 fully saturated rings. The third kappa shape index (κ3) is 3.52. The Morgan fingerprint density at radius 2 is 2.17 bits per heavy atom. The normalized spacial score (nSPS) is 14.7. The molecule has 3 heterocycles. The summed E-state index contributed by atoms with van der Waals surface area (Å²) < 4.78 is 25.0. The van der Waals surface area contributed by atoms with Gasteiger partial charge < -0.3 is 19.8 Å². The Labute approximate surface area is 175 Å². The molecular weight excluding hydrogens is 415 g/mol. The summed E-state index contributed by atoms with van der Waals surface area (Å²) in [5.74, 6) is -0.331. The van der Waals surface area contributed by atoms with E-state index in [1.807, 2.05) is 0 Å². The molecule has 0 radical (unpaired) electrons. The zero-order valence-electron chi connectivity index (χ0n) is 16.2. The fourth-order valence-electron chi connectivity index (χ4n) is 3.34. The molecule has 3 aromatic rings. The van der Waals surface area contributed by atoms with Gasteiger partial charge in [-0.15, -0.1) is 0 Å². The number of methoxy groups -OCH3 is 1. The van der Waals surface area contributed by atoms with Crippen molar-refractivity contribution in [2.45, 2.75) is 13.0 Å². The molecule has 1 aromatic carbocycles. The Morgan fingerprint density at radius 3 is 2.87 bits per heavy atom. The van der Waals surface area contributed by atoms with Gasteiger partial charge in [0.25, 0.3) is 5.56 Å². The Hall–Kier alpha value is -3.33. The Balaban J connectivity index is 1.66. The van der Waals surface area contributed by atoms with Gasteiger partial charge in [0.15, 0.2) is 11.6 Å². The van der Waals surface area contributed by atoms with Crippen LogP contribution in [0.15, 0.2) is 35.3 Å². The van der Waals surface area contributed by atoms with Gasteiger partial charge in [0.2, 0.25) is 0 Å². The predicted molar refractivity (Wildman–Crippen MR) is 111 cm³/mol. The molecule has 1 atom stereocenters. The van der Waals surface area contributed by atoms with Crippen molar-refractivity contribution in [2.75, 3.05) is 30.5 Å². The maximum absolute atomic E-state index is 15.0. The Morgan fingerprint density at radius 1 is 1.37 bits per heavy atom. The first-order chi connectivity index (χ1) is 14.4. The van der Waals surface area contributed by atoms with Crippen LogP contribution in [0.3, 0.4) is 0 Å². The second kappa shape index (κ2) is 7.83. The lowest BCUT2D eigenvalue weighted by Gasteiger charge is -2.19. The molecule has 0 spiro atoms. The first-order valence-electron chi connectivity index (χ1n) is 9.15. The zero-order chi connectivity index (χ0) is 21.4. The highest BCUT2D eigenvalue weighted by atomic mass is 35.5. The summed E-state index contributed by atoms with van der Waals surface area (Å²) in [5.41, 5.74) is 0.659. The van der Waals surface area contributed by atoms with Crippen molar-refractivity contribution in [1.29, 1.82) is 0 Å². The SMILES string of the molecule is COc1cc2[nH]c(=O)c([C@H](C)Nc3nccc(N4CCOC4=O)c3F)cc2cc1Cl. The van der Waals surface area contributed by atoms with Crippen molar-refractivity contribution in [2.24, 2.45) is 0 Å². The molecular formula is C20H18ClFN4O4. The van der Waals surface area contributed by atoms with E-state index < -0.39 is 18.0 Å². The molecule has 0 bridgehead atoms. The molecule has 8 nitrogen and oxygen atoms in total. The summed E-state index contributed by atoms with van der Waals surface area (Å²) in [6.07, 6.45) is 0.771. The molecule has 156 valence electrons. The number of pyridine rings is 2. The summed E-state index contributed by atoms with van der Waals surface area (Å²) in [4.78, 5) is 32.4. The minimum Gasteiger partial charge on any atom is -0.495 e. The van der Waals surface area contributed by atoms with Gasteiger partial charge in [-0.25, -0.2) is 14.2 Å². The topological polar surface area (TPSA) is 96.6 Å². The second-order valence-corrected chi connectivity index (χ2v) is 7.16. The third-order valence-corrected chi connectivity index (χ3v) is 5.18. The van der Waals surface area contributed by atoms with E-state index in [2.05, 4.69) is 15.3 Å². The van der Waals surface area contributed by atoms with Gasteiger partial charge in [0.05, 0.1) is 35.9 Å². The number of nitrogens with zero attached hydrogens (tertiary/aromatic N) is 2. The van der Waals surface area contributed by atoms with Gasteiger partial charge in [0, 0.05) is 23.2 Å². The molecule has 30 heavy (non-hydrogen) atoms. The molecule has 1 aliphatic heterocycles. The van der Waals surface area contributed by atoms with E-state index in [0.717, 1.165) is 0 Å². The monoisotopic (exact) mass is 432 g/mol. The molecule has 10 heteroatoms. The molecule has 0 unspecified atom stereocenters. The molecule has 1 amide bonds. The van der Waals surface area contributed by atoms with Crippen LogP contribution in [-0.4, -0.2) is 36.3 Å². The number of benzene rings is 1. The van der Waals surface area contributed by atoms with Crippen LogP contribution >= 0.6 is 11.6 Å². The first-order valence-corrected chi connectivity index (χ1v) is 9.52. The number of amides is 1. The summed E-state index contributed by atoms with van der Waals surface area (Å²) in [6.45, 7) is 2.16. The van der Waals surface area contributed by atoms with Crippen molar-refractivity contribution in [3.8, 4) is 5.75 Å². The fourth-order valence-corrected chi connectivity index (χ4v) is 3.59. The van der Waals surface area contributed by atoms with E-state index in [9.17, 15) is 14.0 Å². The Bertz CT molecular complexity index is 1200. The van der Waals surface area contributed by atoms with Crippen LogP contribution in [0.25, 0.3) is 10.9 Å². The number of halogens is 2. The highest BCUT2D eigenvalue weighted by molar-refractivity contribution is 6.32. The van der Waals surface area contributed by atoms with Crippen molar-refractivity contribution >= 4 is 40.1 Å². The van der Waals surface area contributed by atoms with Crippen LogP contribution in [0.2, 0.25) is 5.02 Å². The van der Waals surface area contributed by atoms with Crippen molar-refractivity contribution < 1.29 is 18.7 Å². The van der Waals surface area contributed by atoms with Gasteiger partial charge in [-0.05, 0) is 25.1 Å². The van der Waals surface area contributed by atoms with Crippen LogP contribution < -0.4 is 20.5 Å². The lowest BCUT2D eigenvalue weighted by atomic mass is 10.1. The number of H-pyrrole nitrogens is 1. The summed E-state index contributed by atoms with van der Waals surface area (Å²) in [7, 11) is 1.49. The van der Waals surface area contributed by atoms with E-state index >= 15 is 0 Å². The van der Waals surface area contributed by atoms with E-state index in [4.69, 9.17) is 21.1 Å². The zero-order valence-corrected chi connectivity index (χ0v) is 16.9. The summed E-state index contributed by atoms with van der Waals surface area (Å²) >= 11 is 6.18. The maximum atomic E-state index is 15.0. The minimum atomic E-state index is -0.701. The number of cyclic esters (lactones) is 1. The number of ether oxygens (including phenoxy) is 2. The van der Waals surface area contributed by atoms with Crippen LogP contribution in [0.4, 0.5) is 20.7 Å². The number of anilines is 2. The van der Waals surface area contributed by atoms with E-state index in [0.29, 0.717) is 27.2 Å². The molecule has 1 saturated heterocycles. The van der Waals surface area contributed by atoms with Crippen molar-refractivity contribution in [3.05, 3.63) is 57.2 Å². The molecule has 1 aliphatic rings. The smallest absolute Gasteiger partial charge is 0.414 e. The average Bonchev–Trinajstić information content (AvgIpc) is 3.14. The number of hydrogen-bond acceptors (Lipinski definition) is 6. The number of aromatic amines is 1. The predicted octanol–water partition coefficient (Wildman–Crippen LogP) is 3.85. The standard InChI is InChI=1S/C20H18ClFN4O4/c1-10(12-7-11-8-13(21)16(29-2)9-14(11)25-19(12)27)24-18-17(22)15(3-4-23-18)26-5-6-30-20(26)28/h3-4,7-10H,5-6H2,1-2H3,(H,23,24)(H,25,27)/t10-/m0/s1. The van der Waals surface area contributed by atoms with Crippen LogP contribution in [0.5, 0.6) is 5.75 Å². The number of rotatable bonds is 5. The van der Waals surface area contributed by atoms with E-state index in [1.54, 1.807) is 25.1 Å². The number of carbonyl (C=O) groups is 1. The number of carbonyl (C=O) groups excluding carboxylic acids is 1. The minimum absolute atomic E-state index is 0.0634. The Kier molecular flexibility index (Phi) is 5.21. The van der Waals surface area contributed by atoms with E-state index in [-0.39, 0.29) is 30.2 Å². The lowest BCUT2D eigenvalue weighted by molar-refractivity contribution is 0.181. The maximum Gasteiger partial charge on any atom is 0.414 e. The van der Waals surface area contributed by atoms with Crippen LogP contribution in [0, 0.1) is 5.82 Å². The number of nitrogens with one attached hydrogen (secondary N) is 2. The highest BCUT2D eigenvalue weighted by Gasteiger charge is 2.28. The van der Waals surface area contributed by atoms with Gasteiger partial charge >= 0.3 is 6.09 Å². The van der Waals surface area contributed by atoms with Gasteiger partial charge in [0.1, 0.15) is 12.4 Å². The number of hydrogen-bond donors (Lipinski definition) is 2. The van der Waals surface area contributed by atoms with Crippen molar-refractivity contribution in [1.82, 2.24) is 9.97 Å². The average molecular weight is 433 g/mol. The number of fused-ring (bicyclic) bond motifs is 1. The molecule has 0 saturated carbocycles. The molecule has 4 rings (SSSR count). The third-order valence-electron chi connectivity index (χ3n) is 4.89. The fraction of sp³-hybridized carbons (Fsp3) is 0.250. The molecule has 2 aromatic heterocycles.